The number of terminal acetylenes is 2. The highest BCUT2D eigenvalue weighted by Gasteiger charge is 2.12. The molecule has 0 aliphatic rings. The molecule has 0 saturated heterocycles. The fraction of sp³-hybridized carbons (Fsp3) is 0.750. The summed E-state index contributed by atoms with van der Waals surface area (Å²) in [5.74, 6) is 4.64. The number of hydrogen-bond acceptors (Lipinski definition) is 5. The first-order valence-corrected chi connectivity index (χ1v) is 7.16. The maximum Gasteiger partial charge on any atom is 0.107 e. The van der Waals surface area contributed by atoms with Crippen molar-refractivity contribution in [3.63, 3.8) is 0 Å². The van der Waals surface area contributed by atoms with Gasteiger partial charge in [0.05, 0.1) is 31.5 Å². The number of hydrogen-bond donors (Lipinski definition) is 3. The standard InChI is InChI=1S/C16H26O5/c1-3-9-20-12-15(18)8-6-5-7-14(17)11-16(19)13-21-10-4-2/h1-2,14-19H,5-13H2. The summed E-state index contributed by atoms with van der Waals surface area (Å²) in [7, 11) is 0. The van der Waals surface area contributed by atoms with Gasteiger partial charge in [-0.25, -0.2) is 0 Å². The van der Waals surface area contributed by atoms with E-state index in [4.69, 9.17) is 22.3 Å². The van der Waals surface area contributed by atoms with E-state index in [-0.39, 0.29) is 32.8 Å². The van der Waals surface area contributed by atoms with Crippen molar-refractivity contribution in [2.45, 2.75) is 50.4 Å². The molecule has 0 rings (SSSR count). The van der Waals surface area contributed by atoms with Crippen molar-refractivity contribution < 1.29 is 24.8 Å². The van der Waals surface area contributed by atoms with E-state index in [1.807, 2.05) is 0 Å². The van der Waals surface area contributed by atoms with Gasteiger partial charge >= 0.3 is 0 Å². The van der Waals surface area contributed by atoms with Gasteiger partial charge in [0, 0.05) is 6.42 Å². The first-order chi connectivity index (χ1) is 10.1. The maximum absolute atomic E-state index is 9.75. The minimum absolute atomic E-state index is 0.131. The lowest BCUT2D eigenvalue weighted by molar-refractivity contribution is 0.0132. The van der Waals surface area contributed by atoms with E-state index >= 15 is 0 Å². The summed E-state index contributed by atoms with van der Waals surface area (Å²) in [6.07, 6.45) is 11.2. The molecule has 0 bridgehead atoms. The third kappa shape index (κ3) is 13.7. The van der Waals surface area contributed by atoms with Crippen LogP contribution >= 0.6 is 0 Å². The summed E-state index contributed by atoms with van der Waals surface area (Å²) >= 11 is 0. The highest BCUT2D eigenvalue weighted by Crippen LogP contribution is 2.10. The molecule has 21 heavy (non-hydrogen) atoms. The molecule has 0 aromatic rings. The van der Waals surface area contributed by atoms with Crippen LogP contribution in [-0.2, 0) is 9.47 Å². The third-order valence-electron chi connectivity index (χ3n) is 2.86. The molecule has 0 aromatic carbocycles. The maximum atomic E-state index is 9.75. The van der Waals surface area contributed by atoms with E-state index in [9.17, 15) is 15.3 Å². The van der Waals surface area contributed by atoms with E-state index in [0.29, 0.717) is 12.8 Å². The Kier molecular flexibility index (Phi) is 13.2. The Labute approximate surface area is 127 Å². The molecule has 5 nitrogen and oxygen atoms in total. The smallest absolute Gasteiger partial charge is 0.107 e. The second kappa shape index (κ2) is 13.9. The van der Waals surface area contributed by atoms with Gasteiger partial charge in [-0.2, -0.15) is 0 Å². The van der Waals surface area contributed by atoms with Crippen molar-refractivity contribution in [2.75, 3.05) is 26.4 Å². The Morgan fingerprint density at radius 2 is 1.24 bits per heavy atom. The van der Waals surface area contributed by atoms with Gasteiger partial charge in [0.25, 0.3) is 0 Å². The van der Waals surface area contributed by atoms with Crippen LogP contribution < -0.4 is 0 Å². The van der Waals surface area contributed by atoms with Crippen molar-refractivity contribution in [2.24, 2.45) is 0 Å². The molecule has 5 heteroatoms. The normalized spacial score (nSPS) is 14.9. The van der Waals surface area contributed by atoms with Crippen LogP contribution in [0.2, 0.25) is 0 Å². The van der Waals surface area contributed by atoms with E-state index in [1.165, 1.54) is 0 Å². The molecule has 0 spiro atoms. The summed E-state index contributed by atoms with van der Waals surface area (Å²) in [5.41, 5.74) is 0. The van der Waals surface area contributed by atoms with Crippen LogP contribution in [0, 0.1) is 24.7 Å². The minimum Gasteiger partial charge on any atom is -0.393 e. The average molecular weight is 298 g/mol. The predicted octanol–water partition coefficient (Wildman–Crippen LogP) is 0.319. The molecule has 3 N–H and O–H groups in total. The lowest BCUT2D eigenvalue weighted by Crippen LogP contribution is -2.22. The monoisotopic (exact) mass is 298 g/mol. The Morgan fingerprint density at radius 3 is 1.76 bits per heavy atom. The second-order valence-electron chi connectivity index (χ2n) is 4.92. The molecule has 0 radical (unpaired) electrons. The van der Waals surface area contributed by atoms with E-state index in [1.54, 1.807) is 0 Å². The van der Waals surface area contributed by atoms with Crippen molar-refractivity contribution in [3.8, 4) is 24.7 Å². The molecular weight excluding hydrogens is 272 g/mol. The molecule has 0 fully saturated rings. The molecule has 0 amide bonds. The zero-order chi connectivity index (χ0) is 15.9. The molecule has 3 atom stereocenters. The van der Waals surface area contributed by atoms with Gasteiger partial charge in [-0.05, 0) is 12.8 Å². The summed E-state index contributed by atoms with van der Waals surface area (Å²) in [5, 5.41) is 28.9. The van der Waals surface area contributed by atoms with Crippen molar-refractivity contribution in [3.05, 3.63) is 0 Å². The minimum atomic E-state index is -0.712. The highest BCUT2D eigenvalue weighted by molar-refractivity contribution is 4.83. The second-order valence-corrected chi connectivity index (χ2v) is 4.92. The first-order valence-electron chi connectivity index (χ1n) is 7.16. The third-order valence-corrected chi connectivity index (χ3v) is 2.86. The molecule has 0 heterocycles. The molecule has 120 valence electrons. The average Bonchev–Trinajstić information content (AvgIpc) is 2.44. The zero-order valence-corrected chi connectivity index (χ0v) is 12.4. The topological polar surface area (TPSA) is 79.2 Å². The van der Waals surface area contributed by atoms with Gasteiger partial charge in [0.1, 0.15) is 13.2 Å². The number of rotatable bonds is 13. The summed E-state index contributed by atoms with van der Waals surface area (Å²) in [6.45, 7) is 0.729. The van der Waals surface area contributed by atoms with E-state index in [2.05, 4.69) is 11.8 Å². The predicted molar refractivity (Wildman–Crippen MR) is 80.4 cm³/mol. The van der Waals surface area contributed by atoms with Crippen LogP contribution in [0.1, 0.15) is 32.1 Å². The fourth-order valence-electron chi connectivity index (χ4n) is 1.85. The van der Waals surface area contributed by atoms with Crippen LogP contribution in [0.25, 0.3) is 0 Å². The SMILES string of the molecule is C#CCOCC(O)CCCCC(O)CC(O)COCC#C. The highest BCUT2D eigenvalue weighted by atomic mass is 16.5. The largest absolute Gasteiger partial charge is 0.393 e. The number of ether oxygens (including phenoxy) is 2. The molecule has 0 aliphatic carbocycles. The Bertz CT molecular complexity index is 318. The Balaban J connectivity index is 3.50. The molecule has 3 unspecified atom stereocenters. The zero-order valence-electron chi connectivity index (χ0n) is 12.4. The van der Waals surface area contributed by atoms with Crippen LogP contribution in [-0.4, -0.2) is 60.1 Å². The summed E-state index contributed by atoms with van der Waals surface area (Å²) in [4.78, 5) is 0. The number of aliphatic hydroxyl groups excluding tert-OH is 3. The van der Waals surface area contributed by atoms with Crippen molar-refractivity contribution in [1.29, 1.82) is 0 Å². The molecule has 0 aromatic heterocycles. The number of aliphatic hydroxyl groups is 3. The van der Waals surface area contributed by atoms with E-state index < -0.39 is 18.3 Å². The molecule has 0 saturated carbocycles. The lowest BCUT2D eigenvalue weighted by atomic mass is 10.0. The van der Waals surface area contributed by atoms with Crippen molar-refractivity contribution in [1.82, 2.24) is 0 Å². The lowest BCUT2D eigenvalue weighted by Gasteiger charge is -2.15. The Morgan fingerprint density at radius 1 is 0.762 bits per heavy atom. The van der Waals surface area contributed by atoms with Crippen LogP contribution in [0.5, 0.6) is 0 Å². The summed E-state index contributed by atoms with van der Waals surface area (Å²) < 4.78 is 10.0. The van der Waals surface area contributed by atoms with Crippen molar-refractivity contribution >= 4 is 0 Å². The Hall–Kier alpha value is -1.08. The fourth-order valence-corrected chi connectivity index (χ4v) is 1.85. The van der Waals surface area contributed by atoms with Gasteiger partial charge in [-0.15, -0.1) is 12.8 Å². The van der Waals surface area contributed by atoms with Crippen LogP contribution in [0.3, 0.4) is 0 Å². The molecular formula is C16H26O5. The van der Waals surface area contributed by atoms with E-state index in [0.717, 1.165) is 12.8 Å². The van der Waals surface area contributed by atoms with Gasteiger partial charge in [-0.1, -0.05) is 24.7 Å². The quantitative estimate of drug-likeness (QED) is 0.337. The van der Waals surface area contributed by atoms with Gasteiger partial charge < -0.3 is 24.8 Å². The van der Waals surface area contributed by atoms with Gasteiger partial charge in [0.15, 0.2) is 0 Å². The number of unbranched alkanes of at least 4 members (excludes halogenated alkanes) is 1. The first kappa shape index (κ1) is 19.9. The van der Waals surface area contributed by atoms with Gasteiger partial charge in [0.2, 0.25) is 0 Å². The van der Waals surface area contributed by atoms with Gasteiger partial charge in [-0.3, -0.25) is 0 Å². The van der Waals surface area contributed by atoms with Crippen LogP contribution in [0.15, 0.2) is 0 Å². The molecule has 0 aliphatic heterocycles. The summed E-state index contributed by atoms with van der Waals surface area (Å²) in [6, 6.07) is 0. The van der Waals surface area contributed by atoms with Crippen LogP contribution in [0.4, 0.5) is 0 Å².